The van der Waals surface area contributed by atoms with Gasteiger partial charge < -0.3 is 21.1 Å². The van der Waals surface area contributed by atoms with E-state index in [4.69, 9.17) is 5.73 Å². The molecule has 4 N–H and O–H groups in total. The number of aromatic nitrogens is 2. The Balaban J connectivity index is 1.58. The number of carbonyl (C=O) groups is 1. The molecule has 0 spiro atoms. The lowest BCUT2D eigenvalue weighted by atomic mass is 10.1. The third kappa shape index (κ3) is 4.78. The van der Waals surface area contributed by atoms with Gasteiger partial charge in [0, 0.05) is 43.3 Å². The summed E-state index contributed by atoms with van der Waals surface area (Å²) in [6, 6.07) is 14.6. The highest BCUT2D eigenvalue weighted by molar-refractivity contribution is 5.98. The SMILES string of the molecule is CN(c1ccc(O)c(-c2ccc(C(=O)NCc3cccnc3)c(N)n2)c1)c1ccc(F)cc1F. The maximum Gasteiger partial charge on any atom is 0.255 e. The molecule has 2 heterocycles. The highest BCUT2D eigenvalue weighted by Gasteiger charge is 2.16. The van der Waals surface area contributed by atoms with Gasteiger partial charge in [0.25, 0.3) is 5.91 Å². The van der Waals surface area contributed by atoms with E-state index in [1.165, 1.54) is 23.1 Å². The van der Waals surface area contributed by atoms with E-state index in [0.29, 0.717) is 16.9 Å². The normalized spacial score (nSPS) is 10.7. The molecule has 0 aliphatic heterocycles. The Kier molecular flexibility index (Phi) is 6.35. The van der Waals surface area contributed by atoms with Gasteiger partial charge in [-0.25, -0.2) is 13.8 Å². The fraction of sp³-hybridized carbons (Fsp3) is 0.0800. The minimum absolute atomic E-state index is 0.0103. The molecule has 1 amide bonds. The van der Waals surface area contributed by atoms with Crippen LogP contribution in [0, 0.1) is 11.6 Å². The topological polar surface area (TPSA) is 104 Å². The van der Waals surface area contributed by atoms with Crippen LogP contribution in [-0.2, 0) is 6.54 Å². The number of benzene rings is 2. The first-order chi connectivity index (χ1) is 16.3. The molecule has 0 atom stereocenters. The highest BCUT2D eigenvalue weighted by Crippen LogP contribution is 2.35. The lowest BCUT2D eigenvalue weighted by Gasteiger charge is -2.21. The summed E-state index contributed by atoms with van der Waals surface area (Å²) in [6.07, 6.45) is 3.29. The molecule has 0 saturated heterocycles. The first-order valence-electron chi connectivity index (χ1n) is 10.3. The lowest BCUT2D eigenvalue weighted by Crippen LogP contribution is -2.24. The Morgan fingerprint density at radius 3 is 2.65 bits per heavy atom. The second-order valence-corrected chi connectivity index (χ2v) is 7.53. The Morgan fingerprint density at radius 2 is 1.94 bits per heavy atom. The molecule has 172 valence electrons. The van der Waals surface area contributed by atoms with Crippen LogP contribution >= 0.6 is 0 Å². The van der Waals surface area contributed by atoms with E-state index < -0.39 is 17.5 Å². The Bertz CT molecular complexity index is 1350. The fourth-order valence-corrected chi connectivity index (χ4v) is 3.43. The minimum Gasteiger partial charge on any atom is -0.507 e. The van der Waals surface area contributed by atoms with Crippen LogP contribution in [0.2, 0.25) is 0 Å². The molecular formula is C25H21F2N5O2. The third-order valence-corrected chi connectivity index (χ3v) is 5.26. The number of nitrogens with zero attached hydrogens (tertiary/aromatic N) is 3. The second-order valence-electron chi connectivity index (χ2n) is 7.53. The Morgan fingerprint density at radius 1 is 1.12 bits per heavy atom. The number of hydrogen-bond donors (Lipinski definition) is 3. The lowest BCUT2D eigenvalue weighted by molar-refractivity contribution is 0.0951. The van der Waals surface area contributed by atoms with Gasteiger partial charge >= 0.3 is 0 Å². The van der Waals surface area contributed by atoms with E-state index >= 15 is 0 Å². The number of amides is 1. The van der Waals surface area contributed by atoms with Crippen molar-refractivity contribution < 1.29 is 18.7 Å². The van der Waals surface area contributed by atoms with E-state index in [2.05, 4.69) is 15.3 Å². The van der Waals surface area contributed by atoms with Crippen molar-refractivity contribution in [1.29, 1.82) is 0 Å². The molecule has 0 saturated carbocycles. The molecule has 0 unspecified atom stereocenters. The first kappa shape index (κ1) is 22.7. The van der Waals surface area contributed by atoms with Crippen LogP contribution in [0.25, 0.3) is 11.3 Å². The van der Waals surface area contributed by atoms with Crippen LogP contribution < -0.4 is 16.0 Å². The summed E-state index contributed by atoms with van der Waals surface area (Å²) in [5.74, 6) is -1.88. The maximum absolute atomic E-state index is 14.2. The van der Waals surface area contributed by atoms with Crippen molar-refractivity contribution in [3.63, 3.8) is 0 Å². The van der Waals surface area contributed by atoms with Gasteiger partial charge in [0.05, 0.1) is 16.9 Å². The second kappa shape index (κ2) is 9.53. The predicted molar refractivity (Wildman–Crippen MR) is 126 cm³/mol. The smallest absolute Gasteiger partial charge is 0.255 e. The average Bonchev–Trinajstić information content (AvgIpc) is 2.83. The van der Waals surface area contributed by atoms with Crippen LogP contribution in [0.1, 0.15) is 15.9 Å². The van der Waals surface area contributed by atoms with Gasteiger partial charge in [-0.3, -0.25) is 9.78 Å². The summed E-state index contributed by atoms with van der Waals surface area (Å²) in [4.78, 5) is 22.3. The zero-order valence-corrected chi connectivity index (χ0v) is 18.2. The zero-order valence-electron chi connectivity index (χ0n) is 18.2. The predicted octanol–water partition coefficient (Wildman–Crippen LogP) is 4.41. The zero-order chi connectivity index (χ0) is 24.2. The standard InChI is InChI=1S/C25H21F2N5O2/c1-32(22-8-4-16(26)11-20(22)27)17-5-9-23(33)19(12-17)21-7-6-18(24(28)31-21)25(34)30-14-15-3-2-10-29-13-15/h2-13,33H,14H2,1H3,(H2,28,31)(H,30,34). The number of halogens is 2. The quantitative estimate of drug-likeness (QED) is 0.393. The number of nitrogens with one attached hydrogen (secondary N) is 1. The minimum atomic E-state index is -0.721. The number of hydrogen-bond acceptors (Lipinski definition) is 6. The number of carbonyl (C=O) groups excluding carboxylic acids is 1. The van der Waals surface area contributed by atoms with E-state index in [0.717, 1.165) is 17.7 Å². The number of nitrogen functional groups attached to an aromatic ring is 1. The molecule has 4 aromatic rings. The van der Waals surface area contributed by atoms with Crippen molar-refractivity contribution in [1.82, 2.24) is 15.3 Å². The van der Waals surface area contributed by atoms with E-state index in [9.17, 15) is 18.7 Å². The van der Waals surface area contributed by atoms with Gasteiger partial charge in [0.1, 0.15) is 23.2 Å². The van der Waals surface area contributed by atoms with Crippen LogP contribution in [0.3, 0.4) is 0 Å². The van der Waals surface area contributed by atoms with Crippen molar-refractivity contribution in [2.24, 2.45) is 0 Å². The van der Waals surface area contributed by atoms with Crippen molar-refractivity contribution in [2.75, 3.05) is 17.7 Å². The number of anilines is 3. The molecule has 0 bridgehead atoms. The van der Waals surface area contributed by atoms with Crippen molar-refractivity contribution >= 4 is 23.1 Å². The maximum atomic E-state index is 14.2. The number of pyridine rings is 2. The van der Waals surface area contributed by atoms with Gasteiger partial charge in [-0.15, -0.1) is 0 Å². The molecule has 2 aromatic heterocycles. The van der Waals surface area contributed by atoms with Gasteiger partial charge in [-0.2, -0.15) is 0 Å². The summed E-state index contributed by atoms with van der Waals surface area (Å²) >= 11 is 0. The summed E-state index contributed by atoms with van der Waals surface area (Å²) in [5, 5.41) is 13.2. The van der Waals surface area contributed by atoms with E-state index in [-0.39, 0.29) is 29.4 Å². The van der Waals surface area contributed by atoms with Gasteiger partial charge in [-0.05, 0) is 54.1 Å². The highest BCUT2D eigenvalue weighted by atomic mass is 19.1. The monoisotopic (exact) mass is 461 g/mol. The Hall–Kier alpha value is -4.53. The largest absolute Gasteiger partial charge is 0.507 e. The summed E-state index contributed by atoms with van der Waals surface area (Å²) in [5.41, 5.74) is 8.41. The van der Waals surface area contributed by atoms with Crippen LogP contribution in [-0.4, -0.2) is 28.0 Å². The number of aromatic hydroxyl groups is 1. The van der Waals surface area contributed by atoms with Crippen molar-refractivity contribution in [3.8, 4) is 17.0 Å². The summed E-state index contributed by atoms with van der Waals surface area (Å²) in [7, 11) is 1.62. The molecule has 4 rings (SSSR count). The average molecular weight is 461 g/mol. The molecule has 0 aliphatic carbocycles. The third-order valence-electron chi connectivity index (χ3n) is 5.26. The molecule has 2 aromatic carbocycles. The van der Waals surface area contributed by atoms with Gasteiger partial charge in [0.15, 0.2) is 0 Å². The van der Waals surface area contributed by atoms with E-state index in [1.807, 2.05) is 6.07 Å². The molecule has 0 fully saturated rings. The molecular weight excluding hydrogens is 440 g/mol. The number of nitrogens with two attached hydrogens (primary N) is 1. The molecule has 0 radical (unpaired) electrons. The van der Waals surface area contributed by atoms with Gasteiger partial charge in [-0.1, -0.05) is 6.07 Å². The van der Waals surface area contributed by atoms with Crippen LogP contribution in [0.4, 0.5) is 26.0 Å². The number of phenols is 1. The van der Waals surface area contributed by atoms with Gasteiger partial charge in [0.2, 0.25) is 0 Å². The molecule has 9 heteroatoms. The summed E-state index contributed by atoms with van der Waals surface area (Å²) < 4.78 is 27.5. The fourth-order valence-electron chi connectivity index (χ4n) is 3.43. The van der Waals surface area contributed by atoms with Crippen LogP contribution in [0.5, 0.6) is 5.75 Å². The number of phenolic OH excluding ortho intramolecular Hbond substituents is 1. The Labute approximate surface area is 194 Å². The van der Waals surface area contributed by atoms with Crippen molar-refractivity contribution in [3.05, 3.63) is 95.8 Å². The summed E-state index contributed by atoms with van der Waals surface area (Å²) in [6.45, 7) is 0.281. The van der Waals surface area contributed by atoms with Crippen molar-refractivity contribution in [2.45, 2.75) is 6.54 Å². The molecule has 34 heavy (non-hydrogen) atoms. The molecule has 0 aliphatic rings. The van der Waals surface area contributed by atoms with Crippen LogP contribution in [0.15, 0.2) is 73.1 Å². The molecule has 7 nitrogen and oxygen atoms in total. The van der Waals surface area contributed by atoms with E-state index in [1.54, 1.807) is 43.7 Å². The first-order valence-corrected chi connectivity index (χ1v) is 10.3. The number of rotatable bonds is 6.